The first-order valence-corrected chi connectivity index (χ1v) is 6.71. The Balaban J connectivity index is 2.06. The van der Waals surface area contributed by atoms with Crippen molar-refractivity contribution in [2.24, 2.45) is 5.73 Å². The Morgan fingerprint density at radius 3 is 2.74 bits per heavy atom. The second-order valence-electron chi connectivity index (χ2n) is 4.17. The third-order valence-corrected chi connectivity index (χ3v) is 3.54. The first-order valence-electron chi connectivity index (χ1n) is 5.83. The van der Waals surface area contributed by atoms with Gasteiger partial charge in [0.25, 0.3) is 0 Å². The summed E-state index contributed by atoms with van der Waals surface area (Å²) >= 11 is 1.35. The molecule has 4 N–H and O–H groups in total. The first-order chi connectivity index (χ1) is 9.08. The van der Waals surface area contributed by atoms with Gasteiger partial charge in [0, 0.05) is 5.38 Å². The monoisotopic (exact) mass is 277 g/mol. The van der Waals surface area contributed by atoms with Gasteiger partial charge in [-0.25, -0.2) is 4.98 Å². The van der Waals surface area contributed by atoms with Gasteiger partial charge >= 0.3 is 5.97 Å². The van der Waals surface area contributed by atoms with Crippen LogP contribution in [0.1, 0.15) is 30.3 Å². The number of nitrogens with zero attached hydrogens (tertiary/aromatic N) is 1. The normalized spacial score (nSPS) is 13.8. The van der Waals surface area contributed by atoms with Crippen molar-refractivity contribution in [2.75, 3.05) is 5.32 Å². The summed E-state index contributed by atoms with van der Waals surface area (Å²) in [6.07, 6.45) is 0. The van der Waals surface area contributed by atoms with Crippen LogP contribution in [0.4, 0.5) is 5.13 Å². The largest absolute Gasteiger partial charge is 0.480 e. The summed E-state index contributed by atoms with van der Waals surface area (Å²) in [5, 5.41) is 14.4. The molecule has 0 amide bonds. The molecule has 0 fully saturated rings. The maximum absolute atomic E-state index is 10.8. The topological polar surface area (TPSA) is 88.2 Å². The van der Waals surface area contributed by atoms with E-state index in [0.29, 0.717) is 10.8 Å². The summed E-state index contributed by atoms with van der Waals surface area (Å²) in [5.41, 5.74) is 7.03. The average molecular weight is 277 g/mol. The van der Waals surface area contributed by atoms with E-state index in [1.807, 2.05) is 37.3 Å². The van der Waals surface area contributed by atoms with Crippen LogP contribution in [0.3, 0.4) is 0 Å². The minimum Gasteiger partial charge on any atom is -0.480 e. The fraction of sp³-hybridized carbons (Fsp3) is 0.231. The number of anilines is 1. The number of aromatic nitrogens is 1. The number of nitrogens with two attached hydrogens (primary N) is 1. The van der Waals surface area contributed by atoms with E-state index in [1.165, 1.54) is 11.3 Å². The number of hydrogen-bond donors (Lipinski definition) is 3. The van der Waals surface area contributed by atoms with Crippen LogP contribution in [-0.2, 0) is 4.79 Å². The van der Waals surface area contributed by atoms with Gasteiger partial charge < -0.3 is 16.2 Å². The van der Waals surface area contributed by atoms with Crippen LogP contribution in [0.25, 0.3) is 0 Å². The molecular formula is C13H15N3O2S. The lowest BCUT2D eigenvalue weighted by molar-refractivity contribution is -0.138. The Bertz CT molecular complexity index is 556. The zero-order chi connectivity index (χ0) is 13.8. The fourth-order valence-corrected chi connectivity index (χ4v) is 2.47. The van der Waals surface area contributed by atoms with E-state index < -0.39 is 12.0 Å². The minimum absolute atomic E-state index is 0.0984. The maximum atomic E-state index is 10.8. The summed E-state index contributed by atoms with van der Waals surface area (Å²) in [4.78, 5) is 15.0. The molecule has 2 rings (SSSR count). The Labute approximate surface area is 115 Å². The molecule has 2 atom stereocenters. The van der Waals surface area contributed by atoms with Gasteiger partial charge in [0.15, 0.2) is 5.13 Å². The Hall–Kier alpha value is -1.92. The van der Waals surface area contributed by atoms with Crippen LogP contribution in [0.5, 0.6) is 0 Å². The second kappa shape index (κ2) is 5.81. The Morgan fingerprint density at radius 2 is 2.11 bits per heavy atom. The lowest BCUT2D eigenvalue weighted by Crippen LogP contribution is -2.21. The van der Waals surface area contributed by atoms with Crippen molar-refractivity contribution in [3.8, 4) is 0 Å². The fourth-order valence-electron chi connectivity index (χ4n) is 1.63. The van der Waals surface area contributed by atoms with Crippen molar-refractivity contribution in [2.45, 2.75) is 19.0 Å². The van der Waals surface area contributed by atoms with Crippen molar-refractivity contribution in [1.82, 2.24) is 4.98 Å². The molecule has 0 aliphatic heterocycles. The Kier molecular flexibility index (Phi) is 4.13. The molecule has 1 heterocycles. The van der Waals surface area contributed by atoms with E-state index in [0.717, 1.165) is 5.56 Å². The summed E-state index contributed by atoms with van der Waals surface area (Å²) in [7, 11) is 0. The zero-order valence-corrected chi connectivity index (χ0v) is 11.2. The minimum atomic E-state index is -1.08. The molecule has 0 saturated heterocycles. The van der Waals surface area contributed by atoms with Crippen LogP contribution in [0, 0.1) is 0 Å². The van der Waals surface area contributed by atoms with E-state index in [9.17, 15) is 4.79 Å². The molecule has 0 radical (unpaired) electrons. The van der Waals surface area contributed by atoms with Gasteiger partial charge in [-0.2, -0.15) is 0 Å². The van der Waals surface area contributed by atoms with Crippen LogP contribution in [0.15, 0.2) is 35.7 Å². The number of carbonyl (C=O) groups is 1. The van der Waals surface area contributed by atoms with E-state index in [4.69, 9.17) is 10.8 Å². The van der Waals surface area contributed by atoms with E-state index in [1.54, 1.807) is 5.38 Å². The molecule has 6 heteroatoms. The molecular weight excluding hydrogens is 262 g/mol. The van der Waals surface area contributed by atoms with Crippen LogP contribution >= 0.6 is 11.3 Å². The number of thiazole rings is 1. The second-order valence-corrected chi connectivity index (χ2v) is 5.03. The smallest absolute Gasteiger partial charge is 0.326 e. The summed E-state index contributed by atoms with van der Waals surface area (Å²) in [5.74, 6) is -1.08. The highest BCUT2D eigenvalue weighted by Gasteiger charge is 2.18. The molecule has 0 aliphatic rings. The molecule has 5 nitrogen and oxygen atoms in total. The van der Waals surface area contributed by atoms with Gasteiger partial charge in [-0.1, -0.05) is 30.3 Å². The van der Waals surface area contributed by atoms with Crippen molar-refractivity contribution < 1.29 is 9.90 Å². The highest BCUT2D eigenvalue weighted by Crippen LogP contribution is 2.24. The zero-order valence-electron chi connectivity index (χ0n) is 10.4. The number of hydrogen-bond acceptors (Lipinski definition) is 5. The van der Waals surface area contributed by atoms with E-state index in [-0.39, 0.29) is 6.04 Å². The number of carboxylic acids is 1. The summed E-state index contributed by atoms with van der Waals surface area (Å²) < 4.78 is 0. The predicted octanol–water partition coefficient (Wildman–Crippen LogP) is 2.40. The highest BCUT2D eigenvalue weighted by atomic mass is 32.1. The molecule has 0 saturated carbocycles. The quantitative estimate of drug-likeness (QED) is 0.781. The van der Waals surface area contributed by atoms with Gasteiger partial charge in [-0.15, -0.1) is 11.3 Å². The molecule has 19 heavy (non-hydrogen) atoms. The predicted molar refractivity (Wildman–Crippen MR) is 75.2 cm³/mol. The molecule has 2 aromatic rings. The lowest BCUT2D eigenvalue weighted by atomic mass is 10.1. The average Bonchev–Trinajstić information content (AvgIpc) is 2.87. The molecule has 0 bridgehead atoms. The van der Waals surface area contributed by atoms with Crippen molar-refractivity contribution in [1.29, 1.82) is 0 Å². The highest BCUT2D eigenvalue weighted by molar-refractivity contribution is 7.13. The van der Waals surface area contributed by atoms with Crippen LogP contribution in [-0.4, -0.2) is 16.1 Å². The van der Waals surface area contributed by atoms with Crippen molar-refractivity contribution >= 4 is 22.4 Å². The SMILES string of the molecule is CC(Nc1nc(C(N)C(=O)O)cs1)c1ccccc1. The van der Waals surface area contributed by atoms with Crippen LogP contribution in [0.2, 0.25) is 0 Å². The van der Waals surface area contributed by atoms with E-state index in [2.05, 4.69) is 10.3 Å². The molecule has 0 aliphatic carbocycles. The van der Waals surface area contributed by atoms with Crippen molar-refractivity contribution in [3.05, 3.63) is 47.0 Å². The number of carboxylic acid groups (broad SMARTS) is 1. The molecule has 1 aromatic carbocycles. The third-order valence-electron chi connectivity index (χ3n) is 2.75. The van der Waals surface area contributed by atoms with Gasteiger partial charge in [0.2, 0.25) is 0 Å². The maximum Gasteiger partial charge on any atom is 0.326 e. The number of nitrogens with one attached hydrogen (secondary N) is 1. The third kappa shape index (κ3) is 3.30. The van der Waals surface area contributed by atoms with Gasteiger partial charge in [0.05, 0.1) is 11.7 Å². The number of benzene rings is 1. The van der Waals surface area contributed by atoms with Gasteiger partial charge in [-0.3, -0.25) is 4.79 Å². The molecule has 100 valence electrons. The standard InChI is InChI=1S/C13H15N3O2S/c1-8(9-5-3-2-4-6-9)15-13-16-10(7-19-13)11(14)12(17)18/h2-8,11H,14H2,1H3,(H,15,16)(H,17,18). The Morgan fingerprint density at radius 1 is 1.42 bits per heavy atom. The lowest BCUT2D eigenvalue weighted by Gasteiger charge is -2.12. The number of aliphatic carboxylic acids is 1. The van der Waals surface area contributed by atoms with E-state index >= 15 is 0 Å². The first kappa shape index (κ1) is 13.5. The molecule has 0 spiro atoms. The summed E-state index contributed by atoms with van der Waals surface area (Å²) in [6, 6.07) is 8.98. The molecule has 1 aromatic heterocycles. The summed E-state index contributed by atoms with van der Waals surface area (Å²) in [6.45, 7) is 2.02. The van der Waals surface area contributed by atoms with Crippen molar-refractivity contribution in [3.63, 3.8) is 0 Å². The molecule has 2 unspecified atom stereocenters. The van der Waals surface area contributed by atoms with Crippen LogP contribution < -0.4 is 11.1 Å². The number of rotatable bonds is 5. The van der Waals surface area contributed by atoms with Gasteiger partial charge in [-0.05, 0) is 12.5 Å². The van der Waals surface area contributed by atoms with Gasteiger partial charge in [0.1, 0.15) is 6.04 Å².